The Morgan fingerprint density at radius 3 is 2.25 bits per heavy atom. The summed E-state index contributed by atoms with van der Waals surface area (Å²) in [4.78, 5) is 0.296. The summed E-state index contributed by atoms with van der Waals surface area (Å²) in [6, 6.07) is 7.36. The van der Waals surface area contributed by atoms with Crippen molar-refractivity contribution < 1.29 is 8.42 Å². The van der Waals surface area contributed by atoms with Crippen LogP contribution < -0.4 is 4.72 Å². The fourth-order valence-corrected chi connectivity index (χ4v) is 4.65. The molecule has 24 heavy (non-hydrogen) atoms. The van der Waals surface area contributed by atoms with Gasteiger partial charge < -0.3 is 0 Å². The number of anilines is 1. The van der Waals surface area contributed by atoms with Crippen LogP contribution in [0.4, 0.5) is 5.69 Å². The highest BCUT2D eigenvalue weighted by molar-refractivity contribution is 7.92. The predicted octanol–water partition coefficient (Wildman–Crippen LogP) is 3.89. The summed E-state index contributed by atoms with van der Waals surface area (Å²) in [6.45, 7) is 3.65. The van der Waals surface area contributed by atoms with Gasteiger partial charge in [-0.1, -0.05) is 31.4 Å². The molecular weight excluding hydrogens is 322 g/mol. The van der Waals surface area contributed by atoms with E-state index in [9.17, 15) is 8.42 Å². The summed E-state index contributed by atoms with van der Waals surface area (Å²) in [5, 5.41) is 4.25. The second-order valence-corrected chi connectivity index (χ2v) is 8.36. The maximum absolute atomic E-state index is 12.7. The Labute approximate surface area is 144 Å². The molecule has 1 aromatic carbocycles. The van der Waals surface area contributed by atoms with Gasteiger partial charge in [0, 0.05) is 7.05 Å². The lowest BCUT2D eigenvalue weighted by Gasteiger charge is -2.22. The first kappa shape index (κ1) is 17.0. The molecule has 1 N–H and O–H groups in total. The Bertz CT molecular complexity index is 817. The number of sulfonamides is 1. The Hall–Kier alpha value is -1.82. The zero-order chi connectivity index (χ0) is 17.3. The zero-order valence-corrected chi connectivity index (χ0v) is 15.4. The van der Waals surface area contributed by atoms with Crippen LogP contribution in [0.25, 0.3) is 0 Å². The highest BCUT2D eigenvalue weighted by atomic mass is 32.2. The van der Waals surface area contributed by atoms with E-state index in [0.29, 0.717) is 22.2 Å². The average molecular weight is 347 g/mol. The van der Waals surface area contributed by atoms with Crippen LogP contribution in [0.5, 0.6) is 0 Å². The maximum Gasteiger partial charge on any atom is 0.262 e. The van der Waals surface area contributed by atoms with Crippen molar-refractivity contribution in [2.75, 3.05) is 4.72 Å². The molecule has 0 saturated heterocycles. The number of benzene rings is 1. The molecule has 0 unspecified atom stereocenters. The van der Waals surface area contributed by atoms with Gasteiger partial charge in [-0.25, -0.2) is 8.42 Å². The van der Waals surface area contributed by atoms with Crippen LogP contribution in [-0.2, 0) is 17.1 Å². The lowest BCUT2D eigenvalue weighted by atomic mass is 9.84. The number of nitrogens with one attached hydrogen (secondary N) is 1. The minimum absolute atomic E-state index is 0.296. The van der Waals surface area contributed by atoms with Crippen molar-refractivity contribution in [1.82, 2.24) is 9.78 Å². The minimum Gasteiger partial charge on any atom is -0.276 e. The zero-order valence-electron chi connectivity index (χ0n) is 14.5. The van der Waals surface area contributed by atoms with E-state index in [4.69, 9.17) is 0 Å². The predicted molar refractivity (Wildman–Crippen MR) is 95.8 cm³/mol. The first-order valence-electron chi connectivity index (χ1n) is 8.51. The van der Waals surface area contributed by atoms with Crippen LogP contribution in [0.15, 0.2) is 29.2 Å². The van der Waals surface area contributed by atoms with Gasteiger partial charge in [0.15, 0.2) is 0 Å². The van der Waals surface area contributed by atoms with Crippen molar-refractivity contribution in [2.24, 2.45) is 7.05 Å². The summed E-state index contributed by atoms with van der Waals surface area (Å²) in [5.41, 5.74) is 3.29. The smallest absolute Gasteiger partial charge is 0.262 e. The molecule has 0 radical (unpaired) electrons. The molecule has 1 aliphatic carbocycles. The second-order valence-electron chi connectivity index (χ2n) is 6.68. The van der Waals surface area contributed by atoms with Crippen molar-refractivity contribution >= 4 is 15.7 Å². The summed E-state index contributed by atoms with van der Waals surface area (Å²) >= 11 is 0. The summed E-state index contributed by atoms with van der Waals surface area (Å²) in [7, 11) is -1.79. The van der Waals surface area contributed by atoms with Crippen LogP contribution in [0, 0.1) is 13.8 Å². The molecule has 0 spiro atoms. The number of aromatic nitrogens is 2. The maximum atomic E-state index is 12.7. The van der Waals surface area contributed by atoms with Crippen LogP contribution in [0.3, 0.4) is 0 Å². The van der Waals surface area contributed by atoms with Gasteiger partial charge in [0.05, 0.1) is 22.0 Å². The quantitative estimate of drug-likeness (QED) is 0.913. The molecular formula is C18H25N3O2S. The molecule has 2 aromatic rings. The highest BCUT2D eigenvalue weighted by Gasteiger charge is 2.20. The molecule has 3 rings (SSSR count). The number of aryl methyl sites for hydroxylation is 2. The molecule has 0 bridgehead atoms. The van der Waals surface area contributed by atoms with E-state index in [1.165, 1.54) is 37.7 Å². The van der Waals surface area contributed by atoms with E-state index in [-0.39, 0.29) is 0 Å². The number of hydrogen-bond acceptors (Lipinski definition) is 3. The van der Waals surface area contributed by atoms with Gasteiger partial charge in [-0.2, -0.15) is 5.10 Å². The molecule has 1 aliphatic rings. The summed E-state index contributed by atoms with van der Waals surface area (Å²) in [6.07, 6.45) is 6.27. The molecule has 1 saturated carbocycles. The molecule has 1 fully saturated rings. The van der Waals surface area contributed by atoms with Gasteiger partial charge in [0.1, 0.15) is 0 Å². The van der Waals surface area contributed by atoms with Crippen LogP contribution >= 0.6 is 0 Å². The highest BCUT2D eigenvalue weighted by Crippen LogP contribution is 2.33. The topological polar surface area (TPSA) is 64.0 Å². The summed E-state index contributed by atoms with van der Waals surface area (Å²) < 4.78 is 29.7. The summed E-state index contributed by atoms with van der Waals surface area (Å²) in [5.74, 6) is 0.575. The second kappa shape index (κ2) is 6.59. The van der Waals surface area contributed by atoms with Crippen molar-refractivity contribution in [3.05, 3.63) is 41.2 Å². The van der Waals surface area contributed by atoms with Gasteiger partial charge in [-0.05, 0) is 50.3 Å². The Kier molecular flexibility index (Phi) is 4.67. The van der Waals surface area contributed by atoms with E-state index >= 15 is 0 Å². The third-order valence-electron chi connectivity index (χ3n) is 5.01. The molecule has 0 atom stereocenters. The fraction of sp³-hybridized carbons (Fsp3) is 0.500. The van der Waals surface area contributed by atoms with Gasteiger partial charge in [0.25, 0.3) is 10.0 Å². The van der Waals surface area contributed by atoms with Gasteiger partial charge in [-0.3, -0.25) is 9.40 Å². The molecule has 0 amide bonds. The third kappa shape index (κ3) is 3.34. The van der Waals surface area contributed by atoms with Crippen LogP contribution in [-0.4, -0.2) is 18.2 Å². The molecule has 1 aromatic heterocycles. The van der Waals surface area contributed by atoms with Crippen molar-refractivity contribution in [3.63, 3.8) is 0 Å². The van der Waals surface area contributed by atoms with E-state index in [0.717, 1.165) is 5.69 Å². The number of nitrogens with zero attached hydrogens (tertiary/aromatic N) is 2. The van der Waals surface area contributed by atoms with Crippen molar-refractivity contribution in [3.8, 4) is 0 Å². The third-order valence-corrected chi connectivity index (χ3v) is 6.38. The number of rotatable bonds is 4. The van der Waals surface area contributed by atoms with E-state index in [1.807, 2.05) is 19.1 Å². The Morgan fingerprint density at radius 2 is 1.71 bits per heavy atom. The SMILES string of the molecule is Cc1nn(C)c(C)c1NS(=O)(=O)c1ccc(C2CCCCC2)cc1. The van der Waals surface area contributed by atoms with Gasteiger partial charge in [-0.15, -0.1) is 0 Å². The van der Waals surface area contributed by atoms with E-state index in [2.05, 4.69) is 9.82 Å². The molecule has 130 valence electrons. The Morgan fingerprint density at radius 1 is 1.08 bits per heavy atom. The van der Waals surface area contributed by atoms with Crippen molar-refractivity contribution in [2.45, 2.75) is 56.8 Å². The fourth-order valence-electron chi connectivity index (χ4n) is 3.47. The first-order valence-corrected chi connectivity index (χ1v) is 10.00. The molecule has 1 heterocycles. The van der Waals surface area contributed by atoms with Crippen LogP contribution in [0.1, 0.15) is 55.0 Å². The van der Waals surface area contributed by atoms with Gasteiger partial charge >= 0.3 is 0 Å². The minimum atomic E-state index is -3.60. The molecule has 6 heteroatoms. The van der Waals surface area contributed by atoms with Crippen LogP contribution in [0.2, 0.25) is 0 Å². The monoisotopic (exact) mass is 347 g/mol. The lowest BCUT2D eigenvalue weighted by Crippen LogP contribution is -2.14. The van der Waals surface area contributed by atoms with E-state index < -0.39 is 10.0 Å². The molecule has 5 nitrogen and oxygen atoms in total. The normalized spacial score (nSPS) is 16.3. The van der Waals surface area contributed by atoms with Crippen molar-refractivity contribution in [1.29, 1.82) is 0 Å². The van der Waals surface area contributed by atoms with Gasteiger partial charge in [0.2, 0.25) is 0 Å². The first-order chi connectivity index (χ1) is 11.4. The molecule has 0 aliphatic heterocycles. The number of hydrogen-bond donors (Lipinski definition) is 1. The van der Waals surface area contributed by atoms with E-state index in [1.54, 1.807) is 30.8 Å². The standard InChI is InChI=1S/C18H25N3O2S/c1-13-18(14(2)21(3)19-13)20-24(22,23)17-11-9-16(10-12-17)15-7-5-4-6-8-15/h9-12,15,20H,4-8H2,1-3H3. The largest absolute Gasteiger partial charge is 0.276 e. The lowest BCUT2D eigenvalue weighted by molar-refractivity contribution is 0.443. The Balaban J connectivity index is 1.82. The average Bonchev–Trinajstić information content (AvgIpc) is 2.82.